The zero-order chi connectivity index (χ0) is 40.0. The lowest BCUT2D eigenvalue weighted by Gasteiger charge is -2.50. The van der Waals surface area contributed by atoms with E-state index in [4.69, 9.17) is 19.9 Å². The Morgan fingerprint density at radius 1 is 0.298 bits per heavy atom. The average molecular weight is 751 g/mol. The van der Waals surface area contributed by atoms with Crippen LogP contribution in [0.4, 0.5) is 45.5 Å². The van der Waals surface area contributed by atoms with Crippen LogP contribution in [0.3, 0.4) is 0 Å². The molecule has 8 heteroatoms. The van der Waals surface area contributed by atoms with Crippen LogP contribution in [0.25, 0.3) is 44.1 Å². The maximum atomic E-state index is 4.94. The molecule has 6 aromatic carbocycles. The van der Waals surface area contributed by atoms with Gasteiger partial charge in [0.25, 0.3) is 0 Å². The molecule has 0 saturated carbocycles. The van der Waals surface area contributed by atoms with Crippen LogP contribution in [-0.2, 0) is 0 Å². The summed E-state index contributed by atoms with van der Waals surface area (Å²) < 4.78 is 0. The molecule has 0 unspecified atom stereocenters. The van der Waals surface area contributed by atoms with Crippen LogP contribution in [0.1, 0.15) is 62.3 Å². The third-order valence-corrected chi connectivity index (χ3v) is 10.8. The average Bonchev–Trinajstić information content (AvgIpc) is 3.16. The van der Waals surface area contributed by atoms with Gasteiger partial charge in [-0.1, -0.05) is 48.5 Å². The molecule has 0 fully saturated rings. The first-order valence-electron chi connectivity index (χ1n) is 19.8. The fourth-order valence-corrected chi connectivity index (χ4v) is 8.57. The van der Waals surface area contributed by atoms with Crippen LogP contribution in [0.15, 0.2) is 121 Å². The van der Waals surface area contributed by atoms with Crippen molar-refractivity contribution in [3.8, 4) is 0 Å². The van der Waals surface area contributed by atoms with E-state index in [1.807, 2.05) is 48.5 Å². The third-order valence-electron chi connectivity index (χ3n) is 10.8. The number of fused-ring (bicyclic) bond motifs is 8. The lowest BCUT2D eigenvalue weighted by atomic mass is 9.94. The predicted molar refractivity (Wildman–Crippen MR) is 241 cm³/mol. The second-order valence-electron chi connectivity index (χ2n) is 18.1. The lowest BCUT2D eigenvalue weighted by Crippen LogP contribution is -2.46. The molecule has 10 rings (SSSR count). The number of hydrogen-bond acceptors (Lipinski definition) is 8. The number of nitrogens with zero attached hydrogens (tertiary/aromatic N) is 8. The van der Waals surface area contributed by atoms with Crippen molar-refractivity contribution >= 4 is 89.6 Å². The third kappa shape index (κ3) is 6.15. The second-order valence-corrected chi connectivity index (χ2v) is 18.1. The Morgan fingerprint density at radius 2 is 0.544 bits per heavy atom. The highest BCUT2D eigenvalue weighted by Crippen LogP contribution is 2.54. The van der Waals surface area contributed by atoms with Gasteiger partial charge in [-0.15, -0.1) is 0 Å². The van der Waals surface area contributed by atoms with Crippen molar-refractivity contribution in [1.82, 2.24) is 19.9 Å². The SMILES string of the molecule is CC(C)(C)N1c2ccccc2N(C(C)(C)C)c2cc3nc4ccccc4nc3cc21.CN1c2ccccc2N(C(C)(C)C)c2cc3nc4ccccc4nc3cc21. The summed E-state index contributed by atoms with van der Waals surface area (Å²) in [5.74, 6) is 0. The van der Waals surface area contributed by atoms with E-state index in [2.05, 4.69) is 162 Å². The quantitative estimate of drug-likeness (QED) is 0.142. The first-order chi connectivity index (χ1) is 27.1. The molecule has 0 aliphatic carbocycles. The lowest BCUT2D eigenvalue weighted by molar-refractivity contribution is 0.532. The summed E-state index contributed by atoms with van der Waals surface area (Å²) in [7, 11) is 2.12. The molecule has 0 amide bonds. The summed E-state index contributed by atoms with van der Waals surface area (Å²) in [6, 6.07) is 42.1. The fraction of sp³-hybridized carbons (Fsp3) is 0.265. The zero-order valence-corrected chi connectivity index (χ0v) is 34.6. The molecule has 2 aliphatic rings. The zero-order valence-electron chi connectivity index (χ0n) is 34.6. The minimum absolute atomic E-state index is 0.0654. The van der Waals surface area contributed by atoms with Crippen LogP contribution < -0.4 is 19.6 Å². The maximum absolute atomic E-state index is 4.94. The van der Waals surface area contributed by atoms with Gasteiger partial charge in [0.1, 0.15) is 0 Å². The smallest absolute Gasteiger partial charge is 0.0916 e. The molecule has 0 radical (unpaired) electrons. The highest BCUT2D eigenvalue weighted by Gasteiger charge is 2.39. The van der Waals surface area contributed by atoms with E-state index in [0.29, 0.717) is 0 Å². The molecule has 0 bridgehead atoms. The van der Waals surface area contributed by atoms with E-state index in [9.17, 15) is 0 Å². The Morgan fingerprint density at radius 3 is 0.860 bits per heavy atom. The minimum atomic E-state index is -0.0905. The van der Waals surface area contributed by atoms with Gasteiger partial charge in [-0.3, -0.25) is 0 Å². The van der Waals surface area contributed by atoms with Crippen molar-refractivity contribution in [2.75, 3.05) is 26.6 Å². The maximum Gasteiger partial charge on any atom is 0.0916 e. The highest BCUT2D eigenvalue weighted by molar-refractivity contribution is 6.02. The molecule has 286 valence electrons. The minimum Gasteiger partial charge on any atom is -0.341 e. The van der Waals surface area contributed by atoms with Crippen molar-refractivity contribution < 1.29 is 0 Å². The second kappa shape index (κ2) is 12.9. The van der Waals surface area contributed by atoms with E-state index >= 15 is 0 Å². The summed E-state index contributed by atoms with van der Waals surface area (Å²) >= 11 is 0. The van der Waals surface area contributed by atoms with Crippen molar-refractivity contribution in [1.29, 1.82) is 0 Å². The Labute approximate surface area is 335 Å². The molecule has 0 saturated heterocycles. The fourth-order valence-electron chi connectivity index (χ4n) is 8.57. The summed E-state index contributed by atoms with van der Waals surface area (Å²) in [5.41, 5.74) is 16.7. The van der Waals surface area contributed by atoms with Gasteiger partial charge in [0.15, 0.2) is 0 Å². The molecule has 2 aromatic heterocycles. The molecule has 8 aromatic rings. The summed E-state index contributed by atoms with van der Waals surface area (Å²) in [6.07, 6.45) is 0. The number of hydrogen-bond donors (Lipinski definition) is 0. The van der Waals surface area contributed by atoms with Gasteiger partial charge < -0.3 is 19.6 Å². The van der Waals surface area contributed by atoms with E-state index in [1.165, 1.54) is 39.8 Å². The summed E-state index contributed by atoms with van der Waals surface area (Å²) in [6.45, 7) is 20.3. The number of para-hydroxylation sites is 8. The van der Waals surface area contributed by atoms with Crippen LogP contribution in [0.2, 0.25) is 0 Å². The topological polar surface area (TPSA) is 64.5 Å². The van der Waals surface area contributed by atoms with Crippen molar-refractivity contribution in [3.05, 3.63) is 121 Å². The van der Waals surface area contributed by atoms with Crippen molar-refractivity contribution in [2.24, 2.45) is 0 Å². The molecule has 4 heterocycles. The van der Waals surface area contributed by atoms with Gasteiger partial charge in [0, 0.05) is 23.7 Å². The summed E-state index contributed by atoms with van der Waals surface area (Å²) in [5, 5.41) is 0. The van der Waals surface area contributed by atoms with Gasteiger partial charge >= 0.3 is 0 Å². The number of anilines is 8. The van der Waals surface area contributed by atoms with Crippen LogP contribution in [0.5, 0.6) is 0 Å². The van der Waals surface area contributed by atoms with Crippen LogP contribution >= 0.6 is 0 Å². The Balaban J connectivity index is 0.000000149. The Hall–Kier alpha value is -6.28. The van der Waals surface area contributed by atoms with E-state index in [1.54, 1.807) is 0 Å². The Bertz CT molecular complexity index is 2760. The molecule has 2 aliphatic heterocycles. The molecule has 57 heavy (non-hydrogen) atoms. The van der Waals surface area contributed by atoms with Crippen LogP contribution in [0, 0.1) is 0 Å². The van der Waals surface area contributed by atoms with Gasteiger partial charge in [-0.25, -0.2) is 19.9 Å². The van der Waals surface area contributed by atoms with Gasteiger partial charge in [-0.05, 0) is 135 Å². The van der Waals surface area contributed by atoms with Crippen molar-refractivity contribution in [2.45, 2.75) is 78.9 Å². The highest BCUT2D eigenvalue weighted by atomic mass is 15.3. The predicted octanol–water partition coefficient (Wildman–Crippen LogP) is 12.8. The summed E-state index contributed by atoms with van der Waals surface area (Å²) in [4.78, 5) is 29.2. The number of aromatic nitrogens is 4. The monoisotopic (exact) mass is 750 g/mol. The molecule has 8 nitrogen and oxygen atoms in total. The van der Waals surface area contributed by atoms with Crippen molar-refractivity contribution in [3.63, 3.8) is 0 Å². The Kier molecular flexibility index (Phi) is 8.22. The van der Waals surface area contributed by atoms with Gasteiger partial charge in [-0.2, -0.15) is 0 Å². The molecular formula is C49H50N8. The van der Waals surface area contributed by atoms with Crippen LogP contribution in [-0.4, -0.2) is 43.6 Å². The standard InChI is InChI=1S/C26H28N4.C23H22N4/c1-25(2,3)29-21-13-9-10-14-22(21)30(26(4,5)6)24-16-20-19(15-23(24)29)27-17-11-7-8-12-18(17)28-20;1-23(2,3)27-20-12-8-7-11-19(20)26(4)21-13-17-18(14-22(21)27)25-16-10-6-5-9-15(16)24-17/h7-16H,1-6H3;5-14H,1-4H3. The first kappa shape index (κ1) is 36.4. The van der Waals surface area contributed by atoms with E-state index in [-0.39, 0.29) is 16.6 Å². The first-order valence-corrected chi connectivity index (χ1v) is 19.8. The molecule has 0 N–H and O–H groups in total. The molecular weight excluding hydrogens is 701 g/mol. The van der Waals surface area contributed by atoms with E-state index < -0.39 is 0 Å². The molecule has 0 spiro atoms. The number of rotatable bonds is 0. The largest absolute Gasteiger partial charge is 0.341 e. The normalized spacial score (nSPS) is 14.0. The van der Waals surface area contributed by atoms with E-state index in [0.717, 1.165) is 49.8 Å². The van der Waals surface area contributed by atoms with Gasteiger partial charge in [0.05, 0.1) is 89.6 Å². The van der Waals surface area contributed by atoms with Gasteiger partial charge in [0.2, 0.25) is 0 Å². The number of benzene rings is 6. The molecule has 0 atom stereocenters.